The highest BCUT2D eigenvalue weighted by Crippen LogP contribution is 2.22. The van der Waals surface area contributed by atoms with Gasteiger partial charge in [-0.15, -0.1) is 0 Å². The molecule has 0 radical (unpaired) electrons. The van der Waals surface area contributed by atoms with E-state index in [-0.39, 0.29) is 11.9 Å². The van der Waals surface area contributed by atoms with Crippen LogP contribution in [0.25, 0.3) is 0 Å². The fourth-order valence-electron chi connectivity index (χ4n) is 2.69. The molecule has 1 aliphatic rings. The summed E-state index contributed by atoms with van der Waals surface area (Å²) in [7, 11) is -1.87. The Balaban J connectivity index is 1.62. The van der Waals surface area contributed by atoms with E-state index in [9.17, 15) is 8.42 Å². The zero-order valence-corrected chi connectivity index (χ0v) is 15.1. The third kappa shape index (κ3) is 4.46. The highest BCUT2D eigenvalue weighted by Gasteiger charge is 2.32. The third-order valence-electron chi connectivity index (χ3n) is 4.06. The van der Waals surface area contributed by atoms with Crippen molar-refractivity contribution in [1.82, 2.24) is 14.3 Å². The van der Waals surface area contributed by atoms with Gasteiger partial charge in [0.15, 0.2) is 0 Å². The monoisotopic (exact) mass is 363 g/mol. The first-order valence-corrected chi connectivity index (χ1v) is 9.63. The molecule has 1 fully saturated rings. The van der Waals surface area contributed by atoms with Gasteiger partial charge in [-0.1, -0.05) is 29.8 Å². The standard InChI is InChI=1S/C17H21N3O4S/c1-13-3-5-14(6-4-13)12-25(21,22)20-8-7-15(11-20)24-17-10-18-9-16(19-17)23-2/h3-6,9-10,15H,7-8,11-12H2,1-2H3. The molecule has 0 spiro atoms. The highest BCUT2D eigenvalue weighted by atomic mass is 32.2. The first-order valence-electron chi connectivity index (χ1n) is 8.02. The molecule has 134 valence electrons. The SMILES string of the molecule is COc1cncc(OC2CCN(S(=O)(=O)Cc3ccc(C)cc3)C2)n1. The summed E-state index contributed by atoms with van der Waals surface area (Å²) < 4.78 is 37.5. The lowest BCUT2D eigenvalue weighted by Gasteiger charge is -2.17. The minimum atomic E-state index is -3.37. The normalized spacial score (nSPS) is 18.2. The second-order valence-electron chi connectivity index (χ2n) is 6.03. The first kappa shape index (κ1) is 17.6. The molecular weight excluding hydrogens is 342 g/mol. The molecule has 7 nitrogen and oxygen atoms in total. The van der Waals surface area contributed by atoms with Gasteiger partial charge in [0, 0.05) is 6.54 Å². The first-order chi connectivity index (χ1) is 12.0. The van der Waals surface area contributed by atoms with Gasteiger partial charge in [-0.25, -0.2) is 8.42 Å². The van der Waals surface area contributed by atoms with Crippen molar-refractivity contribution < 1.29 is 17.9 Å². The lowest BCUT2D eigenvalue weighted by molar-refractivity contribution is 0.203. The number of aromatic nitrogens is 2. The Morgan fingerprint density at radius 3 is 2.64 bits per heavy atom. The Labute approximate surface area is 147 Å². The van der Waals surface area contributed by atoms with Crippen LogP contribution in [0.3, 0.4) is 0 Å². The van der Waals surface area contributed by atoms with Crippen molar-refractivity contribution in [3.05, 3.63) is 47.8 Å². The van der Waals surface area contributed by atoms with E-state index in [4.69, 9.17) is 9.47 Å². The Morgan fingerprint density at radius 2 is 1.92 bits per heavy atom. The molecule has 8 heteroatoms. The number of rotatable bonds is 6. The maximum atomic E-state index is 12.6. The number of sulfonamides is 1. The van der Waals surface area contributed by atoms with Crippen LogP contribution in [0.2, 0.25) is 0 Å². The number of hydrogen-bond donors (Lipinski definition) is 0. The van der Waals surface area contributed by atoms with Gasteiger partial charge < -0.3 is 9.47 Å². The minimum absolute atomic E-state index is 0.00103. The molecule has 1 aromatic heterocycles. The summed E-state index contributed by atoms with van der Waals surface area (Å²) >= 11 is 0. The fourth-order valence-corrected chi connectivity index (χ4v) is 4.26. The molecule has 25 heavy (non-hydrogen) atoms. The second-order valence-corrected chi connectivity index (χ2v) is 8.00. The molecular formula is C17H21N3O4S. The quantitative estimate of drug-likeness (QED) is 0.778. The Morgan fingerprint density at radius 1 is 1.20 bits per heavy atom. The van der Waals surface area contributed by atoms with Gasteiger partial charge in [-0.2, -0.15) is 9.29 Å². The summed E-state index contributed by atoms with van der Waals surface area (Å²) in [6.45, 7) is 2.73. The molecule has 0 bridgehead atoms. The van der Waals surface area contributed by atoms with Crippen molar-refractivity contribution in [2.75, 3.05) is 20.2 Å². The molecule has 0 N–H and O–H groups in total. The zero-order chi connectivity index (χ0) is 17.9. The van der Waals surface area contributed by atoms with Gasteiger partial charge in [0.05, 0.1) is 31.8 Å². The van der Waals surface area contributed by atoms with Crippen molar-refractivity contribution in [3.8, 4) is 11.8 Å². The van der Waals surface area contributed by atoms with Crippen molar-refractivity contribution in [3.63, 3.8) is 0 Å². The zero-order valence-electron chi connectivity index (χ0n) is 14.3. The Bertz CT molecular complexity index is 824. The summed E-state index contributed by atoms with van der Waals surface area (Å²) in [6.07, 6.45) is 3.35. The second kappa shape index (κ2) is 7.37. The Kier molecular flexibility index (Phi) is 5.19. The molecule has 1 atom stereocenters. The molecule has 2 heterocycles. The highest BCUT2D eigenvalue weighted by molar-refractivity contribution is 7.88. The average molecular weight is 363 g/mol. The predicted octanol–water partition coefficient (Wildman–Crippen LogP) is 1.78. The van der Waals surface area contributed by atoms with E-state index in [0.717, 1.165) is 11.1 Å². The van der Waals surface area contributed by atoms with E-state index >= 15 is 0 Å². The predicted molar refractivity (Wildman–Crippen MR) is 93.0 cm³/mol. The topological polar surface area (TPSA) is 81.6 Å². The summed E-state index contributed by atoms with van der Waals surface area (Å²) in [5, 5.41) is 0. The molecule has 0 amide bonds. The minimum Gasteiger partial charge on any atom is -0.480 e. The van der Waals surface area contributed by atoms with Crippen molar-refractivity contribution >= 4 is 10.0 Å². The molecule has 1 aromatic carbocycles. The molecule has 1 unspecified atom stereocenters. The summed E-state index contributed by atoms with van der Waals surface area (Å²) in [5.41, 5.74) is 1.89. The van der Waals surface area contributed by atoms with E-state index < -0.39 is 10.0 Å². The number of hydrogen-bond acceptors (Lipinski definition) is 6. The summed E-state index contributed by atoms with van der Waals surface area (Å²) in [6, 6.07) is 7.54. The molecule has 0 aliphatic carbocycles. The maximum absolute atomic E-state index is 12.6. The van der Waals surface area contributed by atoms with Crippen LogP contribution in [0.15, 0.2) is 36.7 Å². The van der Waals surface area contributed by atoms with Crippen molar-refractivity contribution in [1.29, 1.82) is 0 Å². The smallest absolute Gasteiger partial charge is 0.235 e. The van der Waals surface area contributed by atoms with Gasteiger partial charge in [0.1, 0.15) is 6.10 Å². The molecule has 3 rings (SSSR count). The maximum Gasteiger partial charge on any atom is 0.235 e. The van der Waals surface area contributed by atoms with Crippen LogP contribution in [0.5, 0.6) is 11.8 Å². The lowest BCUT2D eigenvalue weighted by Crippen LogP contribution is -2.32. The van der Waals surface area contributed by atoms with E-state index in [1.54, 1.807) is 0 Å². The third-order valence-corrected chi connectivity index (χ3v) is 5.87. The molecule has 1 aliphatic heterocycles. The lowest BCUT2D eigenvalue weighted by atomic mass is 10.2. The van der Waals surface area contributed by atoms with E-state index in [1.807, 2.05) is 31.2 Å². The summed E-state index contributed by atoms with van der Waals surface area (Å²) in [5.74, 6) is 0.695. The van der Waals surface area contributed by atoms with Gasteiger partial charge in [0.2, 0.25) is 21.8 Å². The van der Waals surface area contributed by atoms with E-state index in [2.05, 4.69) is 9.97 Å². The van der Waals surface area contributed by atoms with Crippen LogP contribution in [0.1, 0.15) is 17.5 Å². The number of methoxy groups -OCH3 is 1. The number of ether oxygens (including phenoxy) is 2. The molecule has 2 aromatic rings. The van der Waals surface area contributed by atoms with Gasteiger partial charge >= 0.3 is 0 Å². The number of benzene rings is 1. The number of nitrogens with zero attached hydrogens (tertiary/aromatic N) is 3. The van der Waals surface area contributed by atoms with E-state index in [0.29, 0.717) is 31.3 Å². The Hall–Kier alpha value is -2.19. The van der Waals surface area contributed by atoms with Crippen LogP contribution in [0.4, 0.5) is 0 Å². The molecule has 1 saturated heterocycles. The molecule has 0 saturated carbocycles. The number of aryl methyl sites for hydroxylation is 1. The van der Waals surface area contributed by atoms with Gasteiger partial charge in [-0.3, -0.25) is 4.98 Å². The van der Waals surface area contributed by atoms with Gasteiger partial charge in [-0.05, 0) is 18.9 Å². The van der Waals surface area contributed by atoms with Crippen molar-refractivity contribution in [2.45, 2.75) is 25.2 Å². The fraction of sp³-hybridized carbons (Fsp3) is 0.412. The summed E-state index contributed by atoms with van der Waals surface area (Å²) in [4.78, 5) is 8.13. The van der Waals surface area contributed by atoms with Crippen LogP contribution >= 0.6 is 0 Å². The van der Waals surface area contributed by atoms with E-state index in [1.165, 1.54) is 23.8 Å². The van der Waals surface area contributed by atoms with Crippen LogP contribution in [0, 0.1) is 6.92 Å². The van der Waals surface area contributed by atoms with Crippen LogP contribution in [-0.4, -0.2) is 49.0 Å². The largest absolute Gasteiger partial charge is 0.480 e. The van der Waals surface area contributed by atoms with Crippen molar-refractivity contribution in [2.24, 2.45) is 0 Å². The van der Waals surface area contributed by atoms with Gasteiger partial charge in [0.25, 0.3) is 0 Å². The van der Waals surface area contributed by atoms with Crippen LogP contribution < -0.4 is 9.47 Å². The van der Waals surface area contributed by atoms with Crippen LogP contribution in [-0.2, 0) is 15.8 Å². The average Bonchev–Trinajstić information content (AvgIpc) is 3.06.